The number of carbonyl (C=O) groups is 1. The molecule has 2 aliphatic heterocycles. The minimum Gasteiger partial charge on any atom is -0.453 e. The molecule has 2 heterocycles. The van der Waals surface area contributed by atoms with E-state index in [0.717, 1.165) is 19.6 Å². The molecular formula is C16H22N2O2. The molecule has 4 heteroatoms. The van der Waals surface area contributed by atoms with Gasteiger partial charge in [-0.2, -0.15) is 0 Å². The van der Waals surface area contributed by atoms with Gasteiger partial charge in [0, 0.05) is 25.2 Å². The predicted molar refractivity (Wildman–Crippen MR) is 77.4 cm³/mol. The number of hydrogen-bond acceptors (Lipinski definition) is 3. The first-order chi connectivity index (χ1) is 9.70. The Kier molecular flexibility index (Phi) is 3.66. The van der Waals surface area contributed by atoms with Crippen molar-refractivity contribution in [3.63, 3.8) is 0 Å². The zero-order chi connectivity index (χ0) is 14.1. The summed E-state index contributed by atoms with van der Waals surface area (Å²) in [7, 11) is 1.46. The van der Waals surface area contributed by atoms with Gasteiger partial charge in [0.15, 0.2) is 0 Å². The van der Waals surface area contributed by atoms with E-state index in [1.165, 1.54) is 19.1 Å². The molecule has 0 spiro atoms. The summed E-state index contributed by atoms with van der Waals surface area (Å²) in [6.45, 7) is 5.03. The van der Waals surface area contributed by atoms with E-state index in [0.29, 0.717) is 18.0 Å². The van der Waals surface area contributed by atoms with Crippen LogP contribution >= 0.6 is 0 Å². The van der Waals surface area contributed by atoms with E-state index in [4.69, 9.17) is 4.74 Å². The van der Waals surface area contributed by atoms with Gasteiger partial charge in [0.05, 0.1) is 7.11 Å². The third-order valence-corrected chi connectivity index (χ3v) is 4.80. The summed E-state index contributed by atoms with van der Waals surface area (Å²) in [5.74, 6) is 0.597. The summed E-state index contributed by atoms with van der Waals surface area (Å²) >= 11 is 0. The average molecular weight is 274 g/mol. The first-order valence-electron chi connectivity index (χ1n) is 7.34. The lowest BCUT2D eigenvalue weighted by molar-refractivity contribution is 0.122. The first kappa shape index (κ1) is 13.4. The zero-order valence-electron chi connectivity index (χ0n) is 12.2. The number of likely N-dealkylation sites (tertiary alicyclic amines) is 2. The van der Waals surface area contributed by atoms with Crippen molar-refractivity contribution in [1.29, 1.82) is 0 Å². The summed E-state index contributed by atoms with van der Waals surface area (Å²) < 4.78 is 4.85. The van der Waals surface area contributed by atoms with Crippen molar-refractivity contribution in [2.45, 2.75) is 25.4 Å². The van der Waals surface area contributed by atoms with E-state index in [9.17, 15) is 4.79 Å². The van der Waals surface area contributed by atoms with Crippen LogP contribution in [0.15, 0.2) is 30.3 Å². The van der Waals surface area contributed by atoms with Crippen LogP contribution in [0.1, 0.15) is 24.9 Å². The maximum atomic E-state index is 11.7. The molecule has 0 aliphatic carbocycles. The van der Waals surface area contributed by atoms with Crippen LogP contribution in [-0.4, -0.2) is 48.7 Å². The standard InChI is InChI=1S/C16H22N2O2/c1-12(13-6-4-3-5-7-13)18-9-8-14-10-17(11-15(14)18)16(19)20-2/h3-7,12,14-15H,8-11H2,1-2H3/t12-,14-,15+/m1/s1. The van der Waals surface area contributed by atoms with Crippen molar-refractivity contribution in [3.8, 4) is 0 Å². The van der Waals surface area contributed by atoms with E-state index in [1.54, 1.807) is 0 Å². The minimum absolute atomic E-state index is 0.188. The average Bonchev–Trinajstić information content (AvgIpc) is 3.06. The molecular weight excluding hydrogens is 252 g/mol. The number of carbonyl (C=O) groups excluding carboxylic acids is 1. The van der Waals surface area contributed by atoms with Gasteiger partial charge in [-0.3, -0.25) is 4.90 Å². The van der Waals surface area contributed by atoms with Crippen molar-refractivity contribution in [3.05, 3.63) is 35.9 Å². The third-order valence-electron chi connectivity index (χ3n) is 4.80. The Morgan fingerprint density at radius 2 is 2.05 bits per heavy atom. The van der Waals surface area contributed by atoms with Gasteiger partial charge in [-0.15, -0.1) is 0 Å². The van der Waals surface area contributed by atoms with Gasteiger partial charge in [-0.25, -0.2) is 4.79 Å². The van der Waals surface area contributed by atoms with Crippen LogP contribution in [0, 0.1) is 5.92 Å². The predicted octanol–water partition coefficient (Wildman–Crippen LogP) is 2.52. The Hall–Kier alpha value is -1.55. The Morgan fingerprint density at radius 3 is 2.75 bits per heavy atom. The summed E-state index contributed by atoms with van der Waals surface area (Å²) in [6, 6.07) is 11.5. The van der Waals surface area contributed by atoms with Crippen molar-refractivity contribution in [2.24, 2.45) is 5.92 Å². The van der Waals surface area contributed by atoms with Crippen LogP contribution in [0.2, 0.25) is 0 Å². The van der Waals surface area contributed by atoms with Gasteiger partial charge >= 0.3 is 6.09 Å². The topological polar surface area (TPSA) is 32.8 Å². The fourth-order valence-electron chi connectivity index (χ4n) is 3.68. The van der Waals surface area contributed by atoms with Crippen LogP contribution in [0.25, 0.3) is 0 Å². The van der Waals surface area contributed by atoms with Gasteiger partial charge < -0.3 is 9.64 Å². The maximum Gasteiger partial charge on any atom is 0.409 e. The van der Waals surface area contributed by atoms with E-state index >= 15 is 0 Å². The van der Waals surface area contributed by atoms with Gasteiger partial charge in [0.25, 0.3) is 0 Å². The SMILES string of the molecule is COC(=O)N1C[C@H]2CCN([C@H](C)c3ccccc3)[C@H]2C1. The molecule has 1 aromatic carbocycles. The second kappa shape index (κ2) is 5.44. The number of ether oxygens (including phenoxy) is 1. The second-order valence-corrected chi connectivity index (χ2v) is 5.82. The van der Waals surface area contributed by atoms with Gasteiger partial charge in [-0.05, 0) is 31.4 Å². The smallest absolute Gasteiger partial charge is 0.409 e. The Balaban J connectivity index is 1.72. The van der Waals surface area contributed by atoms with E-state index in [1.807, 2.05) is 4.90 Å². The molecule has 1 aromatic rings. The molecule has 0 aromatic heterocycles. The second-order valence-electron chi connectivity index (χ2n) is 5.82. The van der Waals surface area contributed by atoms with Crippen LogP contribution in [0.3, 0.4) is 0 Å². The highest BCUT2D eigenvalue weighted by molar-refractivity contribution is 5.68. The molecule has 2 fully saturated rings. The highest BCUT2D eigenvalue weighted by atomic mass is 16.5. The number of hydrogen-bond donors (Lipinski definition) is 0. The van der Waals surface area contributed by atoms with E-state index in [2.05, 4.69) is 42.2 Å². The molecule has 4 nitrogen and oxygen atoms in total. The molecule has 3 rings (SSSR count). The van der Waals surface area contributed by atoms with E-state index < -0.39 is 0 Å². The van der Waals surface area contributed by atoms with Crippen molar-refractivity contribution in [2.75, 3.05) is 26.7 Å². The molecule has 0 N–H and O–H groups in total. The quantitative estimate of drug-likeness (QED) is 0.831. The number of rotatable bonds is 2. The number of methoxy groups -OCH3 is 1. The molecule has 3 atom stereocenters. The Labute approximate surface area is 120 Å². The largest absolute Gasteiger partial charge is 0.453 e. The molecule has 108 valence electrons. The van der Waals surface area contributed by atoms with E-state index in [-0.39, 0.29) is 6.09 Å². The van der Waals surface area contributed by atoms with Crippen LogP contribution in [-0.2, 0) is 4.74 Å². The fourth-order valence-corrected chi connectivity index (χ4v) is 3.68. The highest BCUT2D eigenvalue weighted by Crippen LogP contribution is 2.37. The third kappa shape index (κ3) is 2.29. The normalized spacial score (nSPS) is 27.4. The van der Waals surface area contributed by atoms with Crippen LogP contribution in [0.5, 0.6) is 0 Å². The zero-order valence-corrected chi connectivity index (χ0v) is 12.2. The molecule has 2 saturated heterocycles. The minimum atomic E-state index is -0.188. The number of nitrogens with zero attached hydrogens (tertiary/aromatic N) is 2. The molecule has 0 unspecified atom stereocenters. The van der Waals surface area contributed by atoms with Gasteiger partial charge in [-0.1, -0.05) is 30.3 Å². The fraction of sp³-hybridized carbons (Fsp3) is 0.562. The Morgan fingerprint density at radius 1 is 1.30 bits per heavy atom. The van der Waals surface area contributed by atoms with Crippen molar-refractivity contribution < 1.29 is 9.53 Å². The van der Waals surface area contributed by atoms with Crippen LogP contribution in [0.4, 0.5) is 4.79 Å². The lowest BCUT2D eigenvalue weighted by Crippen LogP contribution is -2.38. The maximum absolute atomic E-state index is 11.7. The Bertz CT molecular complexity index is 477. The number of amides is 1. The highest BCUT2D eigenvalue weighted by Gasteiger charge is 2.44. The van der Waals surface area contributed by atoms with Crippen molar-refractivity contribution >= 4 is 6.09 Å². The van der Waals surface area contributed by atoms with Gasteiger partial charge in [0.1, 0.15) is 0 Å². The van der Waals surface area contributed by atoms with Crippen LogP contribution < -0.4 is 0 Å². The van der Waals surface area contributed by atoms with Gasteiger partial charge in [0.2, 0.25) is 0 Å². The molecule has 2 aliphatic rings. The summed E-state index contributed by atoms with van der Waals surface area (Å²) in [5.41, 5.74) is 1.35. The summed E-state index contributed by atoms with van der Waals surface area (Å²) in [6.07, 6.45) is 0.988. The molecule has 0 saturated carbocycles. The first-order valence-corrected chi connectivity index (χ1v) is 7.34. The lowest BCUT2D eigenvalue weighted by Gasteiger charge is -2.30. The number of fused-ring (bicyclic) bond motifs is 1. The molecule has 1 amide bonds. The van der Waals surface area contributed by atoms with Crippen molar-refractivity contribution in [1.82, 2.24) is 9.80 Å². The molecule has 0 bridgehead atoms. The summed E-state index contributed by atoms with van der Waals surface area (Å²) in [5, 5.41) is 0. The molecule has 20 heavy (non-hydrogen) atoms. The monoisotopic (exact) mass is 274 g/mol. The lowest BCUT2D eigenvalue weighted by atomic mass is 10.0. The summed E-state index contributed by atoms with van der Waals surface area (Å²) in [4.78, 5) is 16.1. The molecule has 0 radical (unpaired) electrons. The number of benzene rings is 1.